The second-order valence-electron chi connectivity index (χ2n) is 8.72. The number of hydrogen-bond donors (Lipinski definition) is 1. The van der Waals surface area contributed by atoms with Crippen LogP contribution in [0, 0.1) is 0 Å². The van der Waals surface area contributed by atoms with E-state index in [1.54, 1.807) is 24.2 Å². The first-order chi connectivity index (χ1) is 16.3. The summed E-state index contributed by atoms with van der Waals surface area (Å²) in [7, 11) is 0. The molecule has 1 aromatic carbocycles. The van der Waals surface area contributed by atoms with Gasteiger partial charge in [0, 0.05) is 41.3 Å². The summed E-state index contributed by atoms with van der Waals surface area (Å²) < 4.78 is 6.85. The van der Waals surface area contributed by atoms with Crippen molar-refractivity contribution >= 4 is 71.7 Å². The van der Waals surface area contributed by atoms with Gasteiger partial charge < -0.3 is 14.6 Å². The first-order valence-corrected chi connectivity index (χ1v) is 15.1. The van der Waals surface area contributed by atoms with Crippen molar-refractivity contribution in [1.29, 1.82) is 0 Å². The lowest BCUT2D eigenvalue weighted by Gasteiger charge is -2.23. The smallest absolute Gasteiger partial charge is 0.226 e. The minimum absolute atomic E-state index is 0.0299. The highest BCUT2D eigenvalue weighted by Gasteiger charge is 2.19. The maximum absolute atomic E-state index is 12.4. The normalized spacial score (nSPS) is 11.6. The molecule has 0 aliphatic rings. The molecule has 6 nitrogen and oxygen atoms in total. The van der Waals surface area contributed by atoms with Gasteiger partial charge in [0.25, 0.3) is 0 Å². The number of thiazole rings is 1. The Morgan fingerprint density at radius 1 is 1.12 bits per heavy atom. The fourth-order valence-electron chi connectivity index (χ4n) is 3.13. The number of amides is 1. The van der Waals surface area contributed by atoms with Gasteiger partial charge in [-0.2, -0.15) is 0 Å². The van der Waals surface area contributed by atoms with Gasteiger partial charge in [-0.25, -0.2) is 9.97 Å². The second kappa shape index (κ2) is 13.1. The fraction of sp³-hybridized carbons (Fsp3) is 0.458. The number of rotatable bonds is 12. The minimum atomic E-state index is -0.0546. The molecule has 3 rings (SSSR count). The summed E-state index contributed by atoms with van der Waals surface area (Å²) >= 11 is 10.1. The SMILES string of the molecule is CC(C)(C)c1cnc(CSc2cnc(NC(=O)CCc3ccc(N(CCBr)CCBr)cc3)s2)o1. The van der Waals surface area contributed by atoms with Crippen LogP contribution in [0.3, 0.4) is 0 Å². The zero-order valence-electron chi connectivity index (χ0n) is 19.6. The highest BCUT2D eigenvalue weighted by molar-refractivity contribution is 9.09. The summed E-state index contributed by atoms with van der Waals surface area (Å²) in [6.45, 7) is 8.21. The molecule has 0 saturated carbocycles. The number of thioether (sulfide) groups is 1. The first kappa shape index (κ1) is 27.2. The lowest BCUT2D eigenvalue weighted by atomic mass is 9.94. The zero-order chi connectivity index (χ0) is 24.6. The van der Waals surface area contributed by atoms with Gasteiger partial charge in [-0.3, -0.25) is 4.79 Å². The van der Waals surface area contributed by atoms with Crippen LogP contribution in [0.25, 0.3) is 0 Å². The molecule has 0 unspecified atom stereocenters. The number of benzene rings is 1. The number of carbonyl (C=O) groups is 1. The number of carbonyl (C=O) groups excluding carboxylic acids is 1. The van der Waals surface area contributed by atoms with Crippen molar-refractivity contribution in [2.75, 3.05) is 34.0 Å². The van der Waals surface area contributed by atoms with Crippen LogP contribution in [-0.2, 0) is 22.4 Å². The van der Waals surface area contributed by atoms with Crippen LogP contribution in [-0.4, -0.2) is 39.6 Å². The highest BCUT2D eigenvalue weighted by atomic mass is 79.9. The summed E-state index contributed by atoms with van der Waals surface area (Å²) in [5.41, 5.74) is 2.28. The highest BCUT2D eigenvalue weighted by Crippen LogP contribution is 2.32. The molecule has 0 aliphatic carbocycles. The van der Waals surface area contributed by atoms with Crippen LogP contribution in [0.1, 0.15) is 44.4 Å². The Labute approximate surface area is 226 Å². The number of alkyl halides is 2. The average Bonchev–Trinajstić information content (AvgIpc) is 3.46. The number of nitrogens with one attached hydrogen (secondary N) is 1. The fourth-order valence-corrected chi connectivity index (χ4v) is 5.73. The molecule has 184 valence electrons. The summed E-state index contributed by atoms with van der Waals surface area (Å²) in [5.74, 6) is 2.18. The van der Waals surface area contributed by atoms with Crippen LogP contribution >= 0.6 is 55.0 Å². The van der Waals surface area contributed by atoms with Gasteiger partial charge in [0.05, 0.1) is 22.4 Å². The van der Waals surface area contributed by atoms with Gasteiger partial charge >= 0.3 is 0 Å². The Morgan fingerprint density at radius 2 is 1.82 bits per heavy atom. The standard InChI is InChI=1S/C24H30Br2N4O2S2/c1-24(2,3)19-14-27-21(32-19)16-33-22-15-28-23(34-22)29-20(31)9-6-17-4-7-18(8-5-17)30(12-10-25)13-11-26/h4-5,7-8,14-15H,6,9-13,16H2,1-3H3,(H,28,29,31). The molecule has 34 heavy (non-hydrogen) atoms. The number of aromatic nitrogens is 2. The Kier molecular flexibility index (Phi) is 10.5. The van der Waals surface area contributed by atoms with Crippen molar-refractivity contribution in [2.24, 2.45) is 0 Å². The van der Waals surface area contributed by atoms with Gasteiger partial charge in [-0.05, 0) is 24.1 Å². The second-order valence-corrected chi connectivity index (χ2v) is 12.6. The van der Waals surface area contributed by atoms with Gasteiger partial charge in [-0.15, -0.1) is 11.8 Å². The van der Waals surface area contributed by atoms with Gasteiger partial charge in [0.15, 0.2) is 5.13 Å². The van der Waals surface area contributed by atoms with Crippen LogP contribution < -0.4 is 10.2 Å². The van der Waals surface area contributed by atoms with Crippen molar-refractivity contribution in [3.8, 4) is 0 Å². The van der Waals surface area contributed by atoms with Crippen LogP contribution in [0.15, 0.2) is 45.3 Å². The molecule has 0 aliphatic heterocycles. The van der Waals surface area contributed by atoms with E-state index < -0.39 is 0 Å². The van der Waals surface area contributed by atoms with Crippen LogP contribution in [0.2, 0.25) is 0 Å². The third-order valence-electron chi connectivity index (χ3n) is 5.01. The maximum atomic E-state index is 12.4. The quantitative estimate of drug-likeness (QED) is 0.174. The number of oxazole rings is 1. The van der Waals surface area contributed by atoms with Crippen molar-refractivity contribution in [2.45, 2.75) is 49.0 Å². The molecule has 3 aromatic rings. The molecule has 0 radical (unpaired) electrons. The Morgan fingerprint density at radius 3 is 2.44 bits per heavy atom. The van der Waals surface area contributed by atoms with Crippen molar-refractivity contribution < 1.29 is 9.21 Å². The minimum Gasteiger partial charge on any atom is -0.444 e. The van der Waals surface area contributed by atoms with Gasteiger partial charge in [0.2, 0.25) is 11.8 Å². The van der Waals surface area contributed by atoms with Crippen molar-refractivity contribution in [3.63, 3.8) is 0 Å². The predicted octanol–water partition coefficient (Wildman–Crippen LogP) is 6.89. The molecular weight excluding hydrogens is 600 g/mol. The number of anilines is 2. The molecule has 0 spiro atoms. The first-order valence-electron chi connectivity index (χ1n) is 11.1. The number of hydrogen-bond acceptors (Lipinski definition) is 7. The summed E-state index contributed by atoms with van der Waals surface area (Å²) in [6.07, 6.45) is 4.68. The third kappa shape index (κ3) is 8.39. The van der Waals surface area contributed by atoms with E-state index in [0.29, 0.717) is 29.6 Å². The molecule has 2 heterocycles. The van der Waals surface area contributed by atoms with Crippen molar-refractivity contribution in [1.82, 2.24) is 9.97 Å². The molecule has 0 fully saturated rings. The predicted molar refractivity (Wildman–Crippen MR) is 150 cm³/mol. The zero-order valence-corrected chi connectivity index (χ0v) is 24.4. The Bertz CT molecular complexity index is 1040. The average molecular weight is 630 g/mol. The molecule has 0 saturated heterocycles. The molecule has 0 bridgehead atoms. The van der Waals surface area contributed by atoms with E-state index in [2.05, 4.69) is 97.1 Å². The van der Waals surface area contributed by atoms with Crippen LogP contribution in [0.5, 0.6) is 0 Å². The Hall–Kier alpha value is -1.36. The lowest BCUT2D eigenvalue weighted by Crippen LogP contribution is -2.27. The van der Waals surface area contributed by atoms with E-state index in [9.17, 15) is 4.79 Å². The molecule has 1 N–H and O–H groups in total. The maximum Gasteiger partial charge on any atom is 0.226 e. The van der Waals surface area contributed by atoms with E-state index in [-0.39, 0.29) is 11.3 Å². The van der Waals surface area contributed by atoms with Gasteiger partial charge in [0.1, 0.15) is 5.76 Å². The number of halogens is 2. The molecule has 2 aromatic heterocycles. The monoisotopic (exact) mass is 628 g/mol. The van der Waals surface area contributed by atoms with E-state index in [0.717, 1.165) is 39.3 Å². The van der Waals surface area contributed by atoms with E-state index in [1.807, 2.05) is 0 Å². The lowest BCUT2D eigenvalue weighted by molar-refractivity contribution is -0.116. The van der Waals surface area contributed by atoms with E-state index >= 15 is 0 Å². The molecule has 0 atom stereocenters. The molecular formula is C24H30Br2N4O2S2. The molecule has 10 heteroatoms. The van der Waals surface area contributed by atoms with E-state index in [1.165, 1.54) is 17.0 Å². The molecule has 1 amide bonds. The van der Waals surface area contributed by atoms with Crippen LogP contribution in [0.4, 0.5) is 10.8 Å². The Balaban J connectivity index is 1.44. The van der Waals surface area contributed by atoms with Crippen molar-refractivity contribution in [3.05, 3.63) is 53.9 Å². The summed E-state index contributed by atoms with van der Waals surface area (Å²) in [6, 6.07) is 8.45. The third-order valence-corrected chi connectivity index (χ3v) is 7.81. The number of nitrogens with zero attached hydrogens (tertiary/aromatic N) is 3. The summed E-state index contributed by atoms with van der Waals surface area (Å²) in [4.78, 5) is 23.4. The topological polar surface area (TPSA) is 71.3 Å². The largest absolute Gasteiger partial charge is 0.444 e. The van der Waals surface area contributed by atoms with Gasteiger partial charge in [-0.1, -0.05) is 76.1 Å². The van der Waals surface area contributed by atoms with E-state index in [4.69, 9.17) is 4.42 Å². The number of aryl methyl sites for hydroxylation is 1. The summed E-state index contributed by atoms with van der Waals surface area (Å²) in [5, 5.41) is 5.39.